The molecule has 0 saturated carbocycles. The summed E-state index contributed by atoms with van der Waals surface area (Å²) < 4.78 is 0. The zero-order valence-corrected chi connectivity index (χ0v) is 8.97. The van der Waals surface area contributed by atoms with Crippen molar-refractivity contribution >= 4 is 0 Å². The molecular weight excluding hydrogens is 160 g/mol. The molecule has 2 nitrogen and oxygen atoms in total. The van der Waals surface area contributed by atoms with Crippen molar-refractivity contribution in [3.63, 3.8) is 0 Å². The number of nitrogens with one attached hydrogen (secondary N) is 1. The molecule has 2 rings (SSSR count). The summed E-state index contributed by atoms with van der Waals surface area (Å²) in [5, 5.41) is 3.63. The molecule has 13 heavy (non-hydrogen) atoms. The molecule has 0 spiro atoms. The van der Waals surface area contributed by atoms with Gasteiger partial charge in [0.05, 0.1) is 0 Å². The lowest BCUT2D eigenvalue weighted by Gasteiger charge is -2.40. The van der Waals surface area contributed by atoms with E-state index in [0.717, 1.165) is 6.04 Å². The van der Waals surface area contributed by atoms with Crippen molar-refractivity contribution < 1.29 is 0 Å². The predicted molar refractivity (Wildman–Crippen MR) is 55.9 cm³/mol. The smallest absolute Gasteiger partial charge is 0.0306 e. The second-order valence-corrected chi connectivity index (χ2v) is 5.00. The second kappa shape index (κ2) is 3.58. The maximum atomic E-state index is 3.63. The molecule has 1 unspecified atom stereocenters. The quantitative estimate of drug-likeness (QED) is 0.698. The Bertz CT molecular complexity index is 147. The number of likely N-dealkylation sites (tertiary alicyclic amines) is 1. The van der Waals surface area contributed by atoms with Gasteiger partial charge in [-0.2, -0.15) is 0 Å². The van der Waals surface area contributed by atoms with E-state index < -0.39 is 0 Å². The van der Waals surface area contributed by atoms with E-state index in [-0.39, 0.29) is 0 Å². The van der Waals surface area contributed by atoms with Gasteiger partial charge < -0.3 is 5.32 Å². The fourth-order valence-corrected chi connectivity index (χ4v) is 2.80. The summed E-state index contributed by atoms with van der Waals surface area (Å²) in [6, 6.07) is 0.727. The Morgan fingerprint density at radius 3 is 2.38 bits per heavy atom. The fraction of sp³-hybridized carbons (Fsp3) is 1.00. The number of hydrogen-bond acceptors (Lipinski definition) is 2. The van der Waals surface area contributed by atoms with Crippen LogP contribution in [0.2, 0.25) is 0 Å². The first kappa shape index (κ1) is 9.47. The van der Waals surface area contributed by atoms with Gasteiger partial charge >= 0.3 is 0 Å². The third-order valence-electron chi connectivity index (χ3n) is 3.83. The number of nitrogens with zero attached hydrogens (tertiary/aromatic N) is 1. The summed E-state index contributed by atoms with van der Waals surface area (Å²) in [4.78, 5) is 2.66. The maximum Gasteiger partial charge on any atom is 0.0306 e. The molecule has 2 saturated heterocycles. The van der Waals surface area contributed by atoms with Gasteiger partial charge in [-0.3, -0.25) is 4.90 Å². The van der Waals surface area contributed by atoms with E-state index in [0.29, 0.717) is 5.54 Å². The van der Waals surface area contributed by atoms with Crippen molar-refractivity contribution in [2.75, 3.05) is 19.6 Å². The van der Waals surface area contributed by atoms with E-state index >= 15 is 0 Å². The Morgan fingerprint density at radius 2 is 1.85 bits per heavy atom. The molecule has 0 bridgehead atoms. The van der Waals surface area contributed by atoms with E-state index in [1.165, 1.54) is 45.3 Å². The first-order chi connectivity index (χ1) is 6.21. The molecule has 0 amide bonds. The zero-order valence-electron chi connectivity index (χ0n) is 8.97. The first-order valence-corrected chi connectivity index (χ1v) is 5.70. The van der Waals surface area contributed by atoms with Crippen molar-refractivity contribution in [2.45, 2.75) is 51.1 Å². The first-order valence-electron chi connectivity index (χ1n) is 5.70. The molecule has 2 heterocycles. The average Bonchev–Trinajstić information content (AvgIpc) is 2.78. The van der Waals surface area contributed by atoms with Crippen molar-refractivity contribution in [1.82, 2.24) is 10.2 Å². The van der Waals surface area contributed by atoms with Gasteiger partial charge in [0.15, 0.2) is 0 Å². The average molecular weight is 182 g/mol. The molecule has 0 aromatic carbocycles. The van der Waals surface area contributed by atoms with Crippen LogP contribution in [0.25, 0.3) is 0 Å². The van der Waals surface area contributed by atoms with Crippen LogP contribution in [0.4, 0.5) is 0 Å². The van der Waals surface area contributed by atoms with Crippen LogP contribution in [0, 0.1) is 0 Å². The zero-order chi connectivity index (χ0) is 9.31. The minimum absolute atomic E-state index is 0.382. The van der Waals surface area contributed by atoms with Crippen LogP contribution in [-0.2, 0) is 0 Å². The summed E-state index contributed by atoms with van der Waals surface area (Å²) >= 11 is 0. The summed E-state index contributed by atoms with van der Waals surface area (Å²) in [5.74, 6) is 0. The highest BCUT2D eigenvalue weighted by Crippen LogP contribution is 2.28. The molecule has 76 valence electrons. The van der Waals surface area contributed by atoms with Crippen LogP contribution in [0.15, 0.2) is 0 Å². The molecule has 0 aromatic heterocycles. The lowest BCUT2D eigenvalue weighted by atomic mass is 9.91. The molecule has 1 atom stereocenters. The summed E-state index contributed by atoms with van der Waals surface area (Å²) in [6.07, 6.45) is 5.53. The van der Waals surface area contributed by atoms with Crippen molar-refractivity contribution in [3.05, 3.63) is 0 Å². The van der Waals surface area contributed by atoms with Crippen LogP contribution in [-0.4, -0.2) is 36.1 Å². The van der Waals surface area contributed by atoms with Crippen molar-refractivity contribution in [1.29, 1.82) is 0 Å². The molecule has 2 fully saturated rings. The van der Waals surface area contributed by atoms with E-state index in [9.17, 15) is 0 Å². The van der Waals surface area contributed by atoms with Crippen LogP contribution < -0.4 is 5.32 Å². The number of hydrogen-bond donors (Lipinski definition) is 1. The van der Waals surface area contributed by atoms with Gasteiger partial charge in [-0.1, -0.05) is 0 Å². The highest BCUT2D eigenvalue weighted by molar-refractivity contribution is 4.97. The molecular formula is C11H22N2. The Balaban J connectivity index is 1.99. The van der Waals surface area contributed by atoms with Crippen LogP contribution in [0.1, 0.15) is 39.5 Å². The largest absolute Gasteiger partial charge is 0.312 e. The fourth-order valence-electron chi connectivity index (χ4n) is 2.80. The third kappa shape index (κ3) is 1.75. The SMILES string of the molecule is CC(C)(C1CCCN1)N1CCCC1. The van der Waals surface area contributed by atoms with Gasteiger partial charge in [0, 0.05) is 11.6 Å². The van der Waals surface area contributed by atoms with E-state index in [1.54, 1.807) is 0 Å². The highest BCUT2D eigenvalue weighted by atomic mass is 15.2. The Kier molecular flexibility index (Phi) is 2.61. The molecule has 2 heteroatoms. The standard InChI is InChI=1S/C11H22N2/c1-11(2,10-6-5-7-12-10)13-8-3-4-9-13/h10,12H,3-9H2,1-2H3. The van der Waals surface area contributed by atoms with Gasteiger partial charge in [-0.05, 0) is 59.2 Å². The summed E-state index contributed by atoms with van der Waals surface area (Å²) in [6.45, 7) is 8.65. The van der Waals surface area contributed by atoms with E-state index in [4.69, 9.17) is 0 Å². The normalized spacial score (nSPS) is 31.4. The highest BCUT2D eigenvalue weighted by Gasteiger charge is 2.37. The Morgan fingerprint density at radius 1 is 1.15 bits per heavy atom. The third-order valence-corrected chi connectivity index (χ3v) is 3.83. The Hall–Kier alpha value is -0.0800. The van der Waals surface area contributed by atoms with E-state index in [1.807, 2.05) is 0 Å². The van der Waals surface area contributed by atoms with Gasteiger partial charge in [0.25, 0.3) is 0 Å². The monoisotopic (exact) mass is 182 g/mol. The van der Waals surface area contributed by atoms with Crippen molar-refractivity contribution in [2.24, 2.45) is 0 Å². The summed E-state index contributed by atoms with van der Waals surface area (Å²) in [5.41, 5.74) is 0.382. The van der Waals surface area contributed by atoms with Gasteiger partial charge in [-0.15, -0.1) is 0 Å². The summed E-state index contributed by atoms with van der Waals surface area (Å²) in [7, 11) is 0. The van der Waals surface area contributed by atoms with Gasteiger partial charge in [0.1, 0.15) is 0 Å². The molecule has 0 aliphatic carbocycles. The minimum Gasteiger partial charge on any atom is -0.312 e. The van der Waals surface area contributed by atoms with Gasteiger partial charge in [-0.25, -0.2) is 0 Å². The molecule has 0 aromatic rings. The lowest BCUT2D eigenvalue weighted by molar-refractivity contribution is 0.115. The molecule has 2 aliphatic rings. The van der Waals surface area contributed by atoms with Crippen LogP contribution in [0.5, 0.6) is 0 Å². The van der Waals surface area contributed by atoms with Crippen LogP contribution >= 0.6 is 0 Å². The maximum absolute atomic E-state index is 3.63. The number of rotatable bonds is 2. The van der Waals surface area contributed by atoms with Gasteiger partial charge in [0.2, 0.25) is 0 Å². The minimum atomic E-state index is 0.382. The molecule has 1 N–H and O–H groups in total. The predicted octanol–water partition coefficient (Wildman–Crippen LogP) is 1.61. The second-order valence-electron chi connectivity index (χ2n) is 5.00. The lowest BCUT2D eigenvalue weighted by Crippen LogP contribution is -2.54. The Labute approximate surface area is 81.7 Å². The molecule has 0 radical (unpaired) electrons. The van der Waals surface area contributed by atoms with E-state index in [2.05, 4.69) is 24.1 Å². The van der Waals surface area contributed by atoms with Crippen molar-refractivity contribution in [3.8, 4) is 0 Å². The topological polar surface area (TPSA) is 15.3 Å². The molecule has 2 aliphatic heterocycles. The van der Waals surface area contributed by atoms with Crippen LogP contribution in [0.3, 0.4) is 0 Å².